The molecule has 1 aromatic heterocycles. The summed E-state index contributed by atoms with van der Waals surface area (Å²) in [6.45, 7) is 5.30. The first kappa shape index (κ1) is 15.6. The Kier molecular flexibility index (Phi) is 5.87. The minimum Gasteiger partial charge on any atom is -0.339 e. The van der Waals surface area contributed by atoms with E-state index < -0.39 is 0 Å². The fourth-order valence-electron chi connectivity index (χ4n) is 2.24. The fraction of sp³-hybridized carbons (Fsp3) is 0.500. The lowest BCUT2D eigenvalue weighted by Crippen LogP contribution is -2.31. The van der Waals surface area contributed by atoms with Gasteiger partial charge in [0.25, 0.3) is 0 Å². The van der Waals surface area contributed by atoms with Crippen LogP contribution in [0.3, 0.4) is 0 Å². The van der Waals surface area contributed by atoms with Crippen molar-refractivity contribution < 1.29 is 8.91 Å². The van der Waals surface area contributed by atoms with E-state index in [0.29, 0.717) is 17.8 Å². The Bertz CT molecular complexity index is 539. The highest BCUT2D eigenvalue weighted by molar-refractivity contribution is 5.53. The van der Waals surface area contributed by atoms with Gasteiger partial charge in [0.1, 0.15) is 5.82 Å². The maximum absolute atomic E-state index is 12.9. The summed E-state index contributed by atoms with van der Waals surface area (Å²) in [5.41, 5.74) is 0.764. The molecular formula is C16H22FN3O. The number of benzene rings is 1. The van der Waals surface area contributed by atoms with Gasteiger partial charge in [-0.15, -0.1) is 0 Å². The molecule has 0 aliphatic carbocycles. The van der Waals surface area contributed by atoms with Crippen molar-refractivity contribution in [3.05, 3.63) is 36.0 Å². The van der Waals surface area contributed by atoms with Crippen LogP contribution in [0.15, 0.2) is 28.8 Å². The Hall–Kier alpha value is -1.75. The van der Waals surface area contributed by atoms with Crippen molar-refractivity contribution in [3.63, 3.8) is 0 Å². The first-order valence-corrected chi connectivity index (χ1v) is 7.54. The third-order valence-corrected chi connectivity index (χ3v) is 3.31. The van der Waals surface area contributed by atoms with Crippen LogP contribution < -0.4 is 5.32 Å². The third kappa shape index (κ3) is 4.63. The Morgan fingerprint density at radius 3 is 2.62 bits per heavy atom. The zero-order valence-electron chi connectivity index (χ0n) is 12.6. The van der Waals surface area contributed by atoms with E-state index in [1.807, 2.05) is 0 Å². The van der Waals surface area contributed by atoms with Crippen LogP contribution >= 0.6 is 0 Å². The Balaban J connectivity index is 2.02. The molecule has 1 unspecified atom stereocenters. The molecule has 2 aromatic rings. The number of aromatic nitrogens is 2. The number of hydrogen-bond donors (Lipinski definition) is 1. The average molecular weight is 291 g/mol. The molecule has 0 aliphatic heterocycles. The fourth-order valence-corrected chi connectivity index (χ4v) is 2.24. The monoisotopic (exact) mass is 291 g/mol. The van der Waals surface area contributed by atoms with Crippen LogP contribution in [0, 0.1) is 5.82 Å². The second-order valence-corrected chi connectivity index (χ2v) is 5.16. The third-order valence-electron chi connectivity index (χ3n) is 3.31. The van der Waals surface area contributed by atoms with E-state index in [2.05, 4.69) is 29.3 Å². The smallest absolute Gasteiger partial charge is 0.228 e. The van der Waals surface area contributed by atoms with Gasteiger partial charge in [-0.05, 0) is 43.7 Å². The van der Waals surface area contributed by atoms with Gasteiger partial charge >= 0.3 is 0 Å². The van der Waals surface area contributed by atoms with E-state index in [-0.39, 0.29) is 5.82 Å². The topological polar surface area (TPSA) is 51.0 Å². The van der Waals surface area contributed by atoms with Gasteiger partial charge in [0.2, 0.25) is 11.7 Å². The summed E-state index contributed by atoms with van der Waals surface area (Å²) < 4.78 is 18.2. The van der Waals surface area contributed by atoms with Crippen molar-refractivity contribution in [2.24, 2.45) is 0 Å². The molecule has 0 bridgehead atoms. The lowest BCUT2D eigenvalue weighted by molar-refractivity contribution is 0.350. The van der Waals surface area contributed by atoms with Gasteiger partial charge in [0.05, 0.1) is 0 Å². The van der Waals surface area contributed by atoms with Crippen LogP contribution in [-0.4, -0.2) is 22.7 Å². The SMILES string of the molecule is CCCNC(CCC)Cc1nc(-c2ccc(F)cc2)no1. The Labute approximate surface area is 124 Å². The first-order chi connectivity index (χ1) is 10.2. The van der Waals surface area contributed by atoms with Crippen LogP contribution in [-0.2, 0) is 6.42 Å². The van der Waals surface area contributed by atoms with Gasteiger partial charge < -0.3 is 9.84 Å². The zero-order valence-corrected chi connectivity index (χ0v) is 12.6. The largest absolute Gasteiger partial charge is 0.339 e. The summed E-state index contributed by atoms with van der Waals surface area (Å²) in [4.78, 5) is 4.40. The van der Waals surface area contributed by atoms with Gasteiger partial charge in [0.15, 0.2) is 0 Å². The lowest BCUT2D eigenvalue weighted by atomic mass is 10.1. The number of hydrogen-bond acceptors (Lipinski definition) is 4. The normalized spacial score (nSPS) is 12.5. The molecule has 1 atom stereocenters. The summed E-state index contributed by atoms with van der Waals surface area (Å²) in [6, 6.07) is 6.46. The van der Waals surface area contributed by atoms with Gasteiger partial charge in [0, 0.05) is 18.0 Å². The van der Waals surface area contributed by atoms with Crippen molar-refractivity contribution >= 4 is 0 Å². The van der Waals surface area contributed by atoms with Crippen molar-refractivity contribution in [2.45, 2.75) is 45.6 Å². The summed E-state index contributed by atoms with van der Waals surface area (Å²) in [5, 5.41) is 7.47. The van der Waals surface area contributed by atoms with Crippen molar-refractivity contribution in [1.82, 2.24) is 15.5 Å². The summed E-state index contributed by atoms with van der Waals surface area (Å²) in [5.74, 6) is 0.862. The minimum absolute atomic E-state index is 0.269. The van der Waals surface area contributed by atoms with E-state index in [1.54, 1.807) is 12.1 Å². The molecule has 0 saturated carbocycles. The minimum atomic E-state index is -0.269. The molecule has 5 heteroatoms. The molecule has 1 aromatic carbocycles. The number of rotatable bonds is 8. The zero-order chi connectivity index (χ0) is 15.1. The van der Waals surface area contributed by atoms with Gasteiger partial charge in [-0.2, -0.15) is 4.98 Å². The van der Waals surface area contributed by atoms with Crippen LogP contribution in [0.4, 0.5) is 4.39 Å². The maximum Gasteiger partial charge on any atom is 0.228 e. The van der Waals surface area contributed by atoms with Gasteiger partial charge in [-0.3, -0.25) is 0 Å². The maximum atomic E-state index is 12.9. The van der Waals surface area contributed by atoms with E-state index >= 15 is 0 Å². The quantitative estimate of drug-likeness (QED) is 0.807. The predicted molar refractivity (Wildman–Crippen MR) is 80.4 cm³/mol. The molecule has 2 rings (SSSR count). The molecule has 1 N–H and O–H groups in total. The first-order valence-electron chi connectivity index (χ1n) is 7.54. The highest BCUT2D eigenvalue weighted by Gasteiger charge is 2.14. The van der Waals surface area contributed by atoms with Gasteiger partial charge in [-0.1, -0.05) is 25.4 Å². The predicted octanol–water partition coefficient (Wildman–Crippen LogP) is 3.59. The van der Waals surface area contributed by atoms with Crippen molar-refractivity contribution in [1.29, 1.82) is 0 Å². The van der Waals surface area contributed by atoms with Crippen LogP contribution in [0.2, 0.25) is 0 Å². The summed E-state index contributed by atoms with van der Waals surface area (Å²) >= 11 is 0. The molecule has 0 radical (unpaired) electrons. The Morgan fingerprint density at radius 2 is 1.95 bits per heavy atom. The molecule has 0 spiro atoms. The van der Waals surface area contributed by atoms with E-state index in [0.717, 1.165) is 37.8 Å². The molecule has 0 amide bonds. The van der Waals surface area contributed by atoms with E-state index in [9.17, 15) is 4.39 Å². The standard InChI is InChI=1S/C16H22FN3O/c1-3-5-14(18-10-4-2)11-15-19-16(20-21-15)12-6-8-13(17)9-7-12/h6-9,14,18H,3-5,10-11H2,1-2H3. The summed E-state index contributed by atoms with van der Waals surface area (Å²) in [7, 11) is 0. The molecule has 0 fully saturated rings. The van der Waals surface area contributed by atoms with Crippen LogP contribution in [0.1, 0.15) is 39.0 Å². The molecule has 0 aliphatic rings. The molecular weight excluding hydrogens is 269 g/mol. The highest BCUT2D eigenvalue weighted by atomic mass is 19.1. The molecule has 114 valence electrons. The van der Waals surface area contributed by atoms with Gasteiger partial charge in [-0.25, -0.2) is 4.39 Å². The van der Waals surface area contributed by atoms with E-state index in [4.69, 9.17) is 4.52 Å². The van der Waals surface area contributed by atoms with E-state index in [1.165, 1.54) is 12.1 Å². The van der Waals surface area contributed by atoms with Crippen LogP contribution in [0.25, 0.3) is 11.4 Å². The number of halogens is 1. The number of nitrogens with zero attached hydrogens (tertiary/aromatic N) is 2. The molecule has 1 heterocycles. The van der Waals surface area contributed by atoms with Crippen LogP contribution in [0.5, 0.6) is 0 Å². The second-order valence-electron chi connectivity index (χ2n) is 5.16. The van der Waals surface area contributed by atoms with Crippen molar-refractivity contribution in [3.8, 4) is 11.4 Å². The van der Waals surface area contributed by atoms with Crippen molar-refractivity contribution in [2.75, 3.05) is 6.54 Å². The average Bonchev–Trinajstić information content (AvgIpc) is 2.94. The summed E-state index contributed by atoms with van der Waals surface area (Å²) in [6.07, 6.45) is 4.02. The lowest BCUT2D eigenvalue weighted by Gasteiger charge is -2.15. The highest BCUT2D eigenvalue weighted by Crippen LogP contribution is 2.17. The molecule has 21 heavy (non-hydrogen) atoms. The Morgan fingerprint density at radius 1 is 1.19 bits per heavy atom. The molecule has 0 saturated heterocycles. The number of nitrogens with one attached hydrogen (secondary N) is 1. The molecule has 4 nitrogen and oxygen atoms in total. The second kappa shape index (κ2) is 7.88.